The number of ether oxygens (including phenoxy) is 1. The number of aromatic nitrogens is 1. The van der Waals surface area contributed by atoms with Crippen molar-refractivity contribution in [3.63, 3.8) is 0 Å². The summed E-state index contributed by atoms with van der Waals surface area (Å²) in [7, 11) is 3.47. The molecule has 5 heteroatoms. The third kappa shape index (κ3) is 2.39. The maximum absolute atomic E-state index is 12.3. The number of nitrogens with zero attached hydrogens (tertiary/aromatic N) is 2. The molecule has 1 atom stereocenters. The average molecular weight is 235 g/mol. The van der Waals surface area contributed by atoms with E-state index >= 15 is 0 Å². The molecule has 1 fully saturated rings. The van der Waals surface area contributed by atoms with Gasteiger partial charge in [-0.1, -0.05) is 0 Å². The molecular formula is C12H17N3O2. The quantitative estimate of drug-likeness (QED) is 0.830. The molecule has 1 amide bonds. The molecular weight excluding hydrogens is 218 g/mol. The summed E-state index contributed by atoms with van der Waals surface area (Å²) >= 11 is 0. The maximum Gasteiger partial charge on any atom is 0.257 e. The maximum atomic E-state index is 12.3. The molecule has 1 aliphatic rings. The van der Waals surface area contributed by atoms with Gasteiger partial charge in [0.15, 0.2) is 0 Å². The fourth-order valence-electron chi connectivity index (χ4n) is 2.07. The van der Waals surface area contributed by atoms with Crippen LogP contribution < -0.4 is 10.1 Å². The van der Waals surface area contributed by atoms with E-state index in [0.29, 0.717) is 17.4 Å². The van der Waals surface area contributed by atoms with E-state index < -0.39 is 0 Å². The predicted octanol–water partition coefficient (Wildman–Crippen LogP) is 0.524. The van der Waals surface area contributed by atoms with Gasteiger partial charge in [0.2, 0.25) is 0 Å². The van der Waals surface area contributed by atoms with Crippen LogP contribution in [0.1, 0.15) is 16.8 Å². The predicted molar refractivity (Wildman–Crippen MR) is 64.2 cm³/mol. The Bertz CT molecular complexity index is 408. The van der Waals surface area contributed by atoms with Crippen LogP contribution >= 0.6 is 0 Å². The molecule has 0 radical (unpaired) electrons. The summed E-state index contributed by atoms with van der Waals surface area (Å²) in [6, 6.07) is 2.10. The van der Waals surface area contributed by atoms with Gasteiger partial charge >= 0.3 is 0 Å². The van der Waals surface area contributed by atoms with Gasteiger partial charge in [-0.2, -0.15) is 0 Å². The molecule has 0 spiro atoms. The van der Waals surface area contributed by atoms with Gasteiger partial charge in [0.25, 0.3) is 5.91 Å². The third-order valence-electron chi connectivity index (χ3n) is 3.12. The number of rotatable bonds is 3. The van der Waals surface area contributed by atoms with Gasteiger partial charge in [0.05, 0.1) is 18.9 Å². The van der Waals surface area contributed by atoms with E-state index in [9.17, 15) is 4.79 Å². The summed E-state index contributed by atoms with van der Waals surface area (Å²) in [6.45, 7) is 1.54. The summed E-state index contributed by atoms with van der Waals surface area (Å²) in [4.78, 5) is 18.1. The summed E-state index contributed by atoms with van der Waals surface area (Å²) in [5, 5.41) is 3.19. The van der Waals surface area contributed by atoms with Crippen molar-refractivity contribution in [1.82, 2.24) is 15.2 Å². The van der Waals surface area contributed by atoms with Gasteiger partial charge < -0.3 is 15.0 Å². The van der Waals surface area contributed by atoms with Gasteiger partial charge in [-0.3, -0.25) is 9.78 Å². The van der Waals surface area contributed by atoms with Gasteiger partial charge in [0.1, 0.15) is 5.75 Å². The number of likely N-dealkylation sites (tertiary alicyclic amines) is 1. The largest absolute Gasteiger partial charge is 0.494 e. The molecule has 1 aliphatic heterocycles. The van der Waals surface area contributed by atoms with Crippen LogP contribution in [-0.2, 0) is 0 Å². The first kappa shape index (κ1) is 11.9. The van der Waals surface area contributed by atoms with Crippen molar-refractivity contribution in [2.45, 2.75) is 12.5 Å². The minimum absolute atomic E-state index is 0.0157. The number of carbonyl (C=O) groups is 1. The van der Waals surface area contributed by atoms with E-state index in [-0.39, 0.29) is 5.91 Å². The fraction of sp³-hybridized carbons (Fsp3) is 0.500. The Kier molecular flexibility index (Phi) is 3.58. The normalized spacial score (nSPS) is 19.4. The Labute approximate surface area is 101 Å². The minimum Gasteiger partial charge on any atom is -0.494 e. The van der Waals surface area contributed by atoms with Crippen molar-refractivity contribution in [2.24, 2.45) is 0 Å². The van der Waals surface area contributed by atoms with Crippen LogP contribution in [-0.4, -0.2) is 49.1 Å². The molecule has 1 N–H and O–H groups in total. The minimum atomic E-state index is 0.0157. The van der Waals surface area contributed by atoms with Crippen molar-refractivity contribution in [3.05, 3.63) is 24.0 Å². The zero-order valence-corrected chi connectivity index (χ0v) is 10.1. The Hall–Kier alpha value is -1.62. The lowest BCUT2D eigenvalue weighted by atomic mass is 10.2. The molecule has 0 aliphatic carbocycles. The summed E-state index contributed by atoms with van der Waals surface area (Å²) < 4.78 is 5.15. The highest BCUT2D eigenvalue weighted by atomic mass is 16.5. The highest BCUT2D eigenvalue weighted by Gasteiger charge is 2.27. The van der Waals surface area contributed by atoms with E-state index in [0.717, 1.165) is 19.5 Å². The van der Waals surface area contributed by atoms with E-state index in [4.69, 9.17) is 4.74 Å². The zero-order valence-electron chi connectivity index (χ0n) is 10.1. The van der Waals surface area contributed by atoms with Gasteiger partial charge in [-0.25, -0.2) is 0 Å². The molecule has 2 rings (SSSR count). The number of methoxy groups -OCH3 is 1. The smallest absolute Gasteiger partial charge is 0.257 e. The van der Waals surface area contributed by atoms with Crippen molar-refractivity contribution in [3.8, 4) is 5.75 Å². The molecule has 0 aromatic carbocycles. The lowest BCUT2D eigenvalue weighted by Crippen LogP contribution is -2.33. The molecule has 17 heavy (non-hydrogen) atoms. The Morgan fingerprint density at radius 2 is 2.47 bits per heavy atom. The standard InChI is InChI=1S/C12H17N3O2/c1-13-9-4-6-15(8-9)12(16)10-3-5-14-7-11(10)17-2/h3,5,7,9,13H,4,6,8H2,1-2H3. The second kappa shape index (κ2) is 5.14. The van der Waals surface area contributed by atoms with Crippen LogP contribution in [0.3, 0.4) is 0 Å². The van der Waals surface area contributed by atoms with Gasteiger partial charge in [-0.15, -0.1) is 0 Å². The Morgan fingerprint density at radius 3 is 3.12 bits per heavy atom. The van der Waals surface area contributed by atoms with E-state index in [2.05, 4.69) is 10.3 Å². The molecule has 0 saturated carbocycles. The van der Waals surface area contributed by atoms with Gasteiger partial charge in [0, 0.05) is 25.3 Å². The lowest BCUT2D eigenvalue weighted by molar-refractivity contribution is 0.0786. The van der Waals surface area contributed by atoms with Crippen molar-refractivity contribution >= 4 is 5.91 Å². The Balaban J connectivity index is 2.15. The van der Waals surface area contributed by atoms with Crippen molar-refractivity contribution < 1.29 is 9.53 Å². The number of nitrogens with one attached hydrogen (secondary N) is 1. The molecule has 2 heterocycles. The zero-order chi connectivity index (χ0) is 12.3. The summed E-state index contributed by atoms with van der Waals surface area (Å²) in [6.07, 6.45) is 4.18. The van der Waals surface area contributed by atoms with E-state index in [1.807, 2.05) is 11.9 Å². The number of hydrogen-bond acceptors (Lipinski definition) is 4. The first-order chi connectivity index (χ1) is 8.26. The van der Waals surface area contributed by atoms with Crippen LogP contribution in [0.5, 0.6) is 5.75 Å². The summed E-state index contributed by atoms with van der Waals surface area (Å²) in [5.41, 5.74) is 0.583. The second-order valence-corrected chi connectivity index (χ2v) is 4.10. The second-order valence-electron chi connectivity index (χ2n) is 4.10. The molecule has 92 valence electrons. The Morgan fingerprint density at radius 1 is 1.65 bits per heavy atom. The van der Waals surface area contributed by atoms with Crippen LogP contribution in [0.2, 0.25) is 0 Å². The number of pyridine rings is 1. The monoisotopic (exact) mass is 235 g/mol. The molecule has 5 nitrogen and oxygen atoms in total. The van der Waals surface area contributed by atoms with Gasteiger partial charge in [-0.05, 0) is 19.5 Å². The van der Waals surface area contributed by atoms with Crippen LogP contribution in [0, 0.1) is 0 Å². The topological polar surface area (TPSA) is 54.5 Å². The summed E-state index contributed by atoms with van der Waals surface area (Å²) in [5.74, 6) is 0.549. The molecule has 1 unspecified atom stereocenters. The number of likely N-dealkylation sites (N-methyl/N-ethyl adjacent to an activating group) is 1. The SMILES string of the molecule is CNC1CCN(C(=O)c2ccncc2OC)C1. The van der Waals surface area contributed by atoms with Crippen molar-refractivity contribution in [2.75, 3.05) is 27.2 Å². The molecule has 1 aromatic rings. The van der Waals surface area contributed by atoms with Crippen LogP contribution in [0.15, 0.2) is 18.5 Å². The molecule has 1 saturated heterocycles. The number of hydrogen-bond donors (Lipinski definition) is 1. The van der Waals surface area contributed by atoms with Crippen LogP contribution in [0.25, 0.3) is 0 Å². The number of carbonyl (C=O) groups excluding carboxylic acids is 1. The third-order valence-corrected chi connectivity index (χ3v) is 3.12. The average Bonchev–Trinajstić information content (AvgIpc) is 2.86. The number of amides is 1. The molecule has 1 aromatic heterocycles. The highest BCUT2D eigenvalue weighted by molar-refractivity contribution is 5.96. The van der Waals surface area contributed by atoms with E-state index in [1.165, 1.54) is 0 Å². The highest BCUT2D eigenvalue weighted by Crippen LogP contribution is 2.20. The first-order valence-electron chi connectivity index (χ1n) is 5.70. The molecule has 0 bridgehead atoms. The fourth-order valence-corrected chi connectivity index (χ4v) is 2.07. The first-order valence-corrected chi connectivity index (χ1v) is 5.70. The van der Waals surface area contributed by atoms with Crippen LogP contribution in [0.4, 0.5) is 0 Å². The van der Waals surface area contributed by atoms with Crippen molar-refractivity contribution in [1.29, 1.82) is 0 Å². The lowest BCUT2D eigenvalue weighted by Gasteiger charge is -2.17. The van der Waals surface area contributed by atoms with E-state index in [1.54, 1.807) is 25.6 Å².